The molecule has 0 bridgehead atoms. The van der Waals surface area contributed by atoms with Crippen molar-refractivity contribution >= 4 is 23.2 Å². The van der Waals surface area contributed by atoms with Gasteiger partial charge in [0.15, 0.2) is 0 Å². The van der Waals surface area contributed by atoms with E-state index in [0.717, 1.165) is 18.2 Å². The lowest BCUT2D eigenvalue weighted by molar-refractivity contribution is -0.384. The van der Waals surface area contributed by atoms with Crippen molar-refractivity contribution in [2.75, 3.05) is 0 Å². The summed E-state index contributed by atoms with van der Waals surface area (Å²) in [5, 5.41) is 12.1. The molecular weight excluding hydrogens is 301 g/mol. The van der Waals surface area contributed by atoms with Crippen molar-refractivity contribution in [2.24, 2.45) is 0 Å². The Morgan fingerprint density at radius 3 is 2.40 bits per heavy atom. The highest BCUT2D eigenvalue weighted by atomic mass is 35.5. The molecule has 0 heterocycles. The van der Waals surface area contributed by atoms with Crippen LogP contribution in [0.15, 0.2) is 18.2 Å². The maximum Gasteiger partial charge on any atom is 0.411 e. The van der Waals surface area contributed by atoms with Gasteiger partial charge < -0.3 is 5.32 Å². The molecule has 0 atom stereocenters. The molecule has 0 radical (unpaired) electrons. The lowest BCUT2D eigenvalue weighted by Gasteiger charge is -2.20. The normalized spacial score (nSPS) is 16.6. The van der Waals surface area contributed by atoms with E-state index < -0.39 is 28.2 Å². The van der Waals surface area contributed by atoms with Crippen molar-refractivity contribution in [3.63, 3.8) is 0 Å². The van der Waals surface area contributed by atoms with Crippen LogP contribution in [0, 0.1) is 10.1 Å². The van der Waals surface area contributed by atoms with Crippen molar-refractivity contribution in [1.29, 1.82) is 0 Å². The third-order valence-corrected chi connectivity index (χ3v) is 3.35. The molecular formula is C11H8ClF3N2O3. The number of nitro groups is 1. The lowest BCUT2D eigenvalue weighted by atomic mass is 10.1. The fraction of sp³-hybridized carbons (Fsp3) is 0.364. The van der Waals surface area contributed by atoms with Crippen LogP contribution in [0.3, 0.4) is 0 Å². The lowest BCUT2D eigenvalue weighted by Crippen LogP contribution is -2.47. The average Bonchev–Trinajstić information content (AvgIpc) is 3.08. The van der Waals surface area contributed by atoms with E-state index in [1.807, 2.05) is 5.32 Å². The second-order valence-corrected chi connectivity index (χ2v) is 4.86. The van der Waals surface area contributed by atoms with Gasteiger partial charge in [0.2, 0.25) is 0 Å². The smallest absolute Gasteiger partial charge is 0.338 e. The average molecular weight is 309 g/mol. The highest BCUT2D eigenvalue weighted by molar-refractivity contribution is 6.33. The number of alkyl halides is 3. The van der Waals surface area contributed by atoms with E-state index in [1.165, 1.54) is 0 Å². The molecule has 20 heavy (non-hydrogen) atoms. The number of benzene rings is 1. The molecule has 1 N–H and O–H groups in total. The molecule has 1 aliphatic rings. The minimum absolute atomic E-state index is 0.156. The first-order valence-corrected chi connectivity index (χ1v) is 5.87. The Morgan fingerprint density at radius 2 is 2.00 bits per heavy atom. The molecule has 0 spiro atoms. The number of nitrogens with zero attached hydrogens (tertiary/aromatic N) is 1. The standard InChI is InChI=1S/C11H8ClF3N2O3/c12-7-5-6(1-2-8(7)17(19)20)9(18)16-10(3-4-10)11(13,14)15/h1-2,5H,3-4H2,(H,16,18). The molecule has 5 nitrogen and oxygen atoms in total. The van der Waals surface area contributed by atoms with Crippen molar-refractivity contribution in [3.05, 3.63) is 38.9 Å². The van der Waals surface area contributed by atoms with Crippen molar-refractivity contribution in [3.8, 4) is 0 Å². The molecule has 1 aromatic carbocycles. The third kappa shape index (κ3) is 2.55. The van der Waals surface area contributed by atoms with Crippen molar-refractivity contribution < 1.29 is 22.9 Å². The highest BCUT2D eigenvalue weighted by Crippen LogP contribution is 2.49. The zero-order valence-electron chi connectivity index (χ0n) is 9.83. The van der Waals surface area contributed by atoms with E-state index in [9.17, 15) is 28.1 Å². The van der Waals surface area contributed by atoms with Gasteiger partial charge in [0.25, 0.3) is 11.6 Å². The molecule has 0 aliphatic heterocycles. The quantitative estimate of drug-likeness (QED) is 0.689. The molecule has 2 rings (SSSR count). The van der Waals surface area contributed by atoms with Crippen molar-refractivity contribution in [2.45, 2.75) is 24.6 Å². The number of nitrogens with one attached hydrogen (secondary N) is 1. The van der Waals surface area contributed by atoms with E-state index in [1.54, 1.807) is 0 Å². The van der Waals surface area contributed by atoms with E-state index in [4.69, 9.17) is 11.6 Å². The predicted octanol–water partition coefficient (Wildman–Crippen LogP) is 3.07. The zero-order valence-corrected chi connectivity index (χ0v) is 10.6. The van der Waals surface area contributed by atoms with Gasteiger partial charge in [0.05, 0.1) is 4.92 Å². The number of carbonyl (C=O) groups excluding carboxylic acids is 1. The summed E-state index contributed by atoms with van der Waals surface area (Å²) in [4.78, 5) is 21.5. The van der Waals surface area contributed by atoms with E-state index in [0.29, 0.717) is 0 Å². The first-order valence-electron chi connectivity index (χ1n) is 5.49. The minimum atomic E-state index is -4.52. The number of halogens is 4. The van der Waals surface area contributed by atoms with Gasteiger partial charge >= 0.3 is 6.18 Å². The van der Waals surface area contributed by atoms with Gasteiger partial charge in [-0.05, 0) is 25.0 Å². The molecule has 1 fully saturated rings. The monoisotopic (exact) mass is 308 g/mol. The van der Waals surface area contributed by atoms with Gasteiger partial charge in [0.1, 0.15) is 10.6 Å². The summed E-state index contributed by atoms with van der Waals surface area (Å²) in [6.07, 6.45) is -4.88. The van der Waals surface area contributed by atoms with Gasteiger partial charge in [-0.15, -0.1) is 0 Å². The maximum atomic E-state index is 12.7. The van der Waals surface area contributed by atoms with Crippen LogP contribution in [0.25, 0.3) is 0 Å². The molecule has 0 aromatic heterocycles. The fourth-order valence-electron chi connectivity index (χ4n) is 1.69. The van der Waals surface area contributed by atoms with Crippen LogP contribution in [-0.4, -0.2) is 22.5 Å². The number of rotatable bonds is 3. The number of hydrogen-bond acceptors (Lipinski definition) is 3. The summed E-state index contributed by atoms with van der Waals surface area (Å²) in [6, 6.07) is 3.01. The Labute approximate surface area is 115 Å². The predicted molar refractivity (Wildman–Crippen MR) is 63.6 cm³/mol. The Morgan fingerprint density at radius 1 is 1.40 bits per heavy atom. The third-order valence-electron chi connectivity index (χ3n) is 3.05. The van der Waals surface area contributed by atoms with Crippen LogP contribution < -0.4 is 5.32 Å². The Balaban J connectivity index is 2.19. The molecule has 1 aromatic rings. The second-order valence-electron chi connectivity index (χ2n) is 4.46. The number of nitro benzene ring substituents is 1. The van der Waals surface area contributed by atoms with E-state index in [2.05, 4.69) is 0 Å². The van der Waals surface area contributed by atoms with E-state index in [-0.39, 0.29) is 23.4 Å². The molecule has 108 valence electrons. The largest absolute Gasteiger partial charge is 0.411 e. The van der Waals surface area contributed by atoms with Gasteiger partial charge in [-0.1, -0.05) is 11.6 Å². The SMILES string of the molecule is O=C(NC1(C(F)(F)F)CC1)c1ccc([N+](=O)[O-])c(Cl)c1. The van der Waals surface area contributed by atoms with Crippen LogP contribution in [0.1, 0.15) is 23.2 Å². The first-order chi connectivity index (χ1) is 9.16. The Bertz CT molecular complexity index is 585. The van der Waals surface area contributed by atoms with Gasteiger partial charge in [0, 0.05) is 11.6 Å². The van der Waals surface area contributed by atoms with Crippen LogP contribution in [0.2, 0.25) is 5.02 Å². The fourth-order valence-corrected chi connectivity index (χ4v) is 1.94. The maximum absolute atomic E-state index is 12.7. The van der Waals surface area contributed by atoms with Crippen LogP contribution >= 0.6 is 11.6 Å². The highest BCUT2D eigenvalue weighted by Gasteiger charge is 2.64. The summed E-state index contributed by atoms with van der Waals surface area (Å²) >= 11 is 5.60. The minimum Gasteiger partial charge on any atom is -0.338 e. The zero-order chi connectivity index (χ0) is 15.1. The topological polar surface area (TPSA) is 72.2 Å². The summed E-state index contributed by atoms with van der Waals surface area (Å²) in [5.74, 6) is -0.961. The van der Waals surface area contributed by atoms with Gasteiger partial charge in [-0.3, -0.25) is 14.9 Å². The van der Waals surface area contributed by atoms with Crippen LogP contribution in [0.5, 0.6) is 0 Å². The number of hydrogen-bond donors (Lipinski definition) is 1. The first kappa shape index (κ1) is 14.6. The second kappa shape index (κ2) is 4.62. The molecule has 1 saturated carbocycles. The van der Waals surface area contributed by atoms with Crippen LogP contribution in [0.4, 0.5) is 18.9 Å². The van der Waals surface area contributed by atoms with Crippen LogP contribution in [-0.2, 0) is 0 Å². The molecule has 0 saturated heterocycles. The molecule has 1 amide bonds. The van der Waals surface area contributed by atoms with Crippen molar-refractivity contribution in [1.82, 2.24) is 5.32 Å². The summed E-state index contributed by atoms with van der Waals surface area (Å²) in [7, 11) is 0. The molecule has 9 heteroatoms. The number of amides is 1. The summed E-state index contributed by atoms with van der Waals surface area (Å²) in [5.41, 5.74) is -2.76. The summed E-state index contributed by atoms with van der Waals surface area (Å²) < 4.78 is 38.1. The molecule has 0 unspecified atom stereocenters. The Kier molecular flexibility index (Phi) is 3.37. The van der Waals surface area contributed by atoms with Gasteiger partial charge in [-0.25, -0.2) is 0 Å². The number of carbonyl (C=O) groups is 1. The molecule has 1 aliphatic carbocycles. The summed E-state index contributed by atoms with van der Waals surface area (Å²) in [6.45, 7) is 0. The van der Waals surface area contributed by atoms with E-state index >= 15 is 0 Å². The Hall–Kier alpha value is -1.83. The van der Waals surface area contributed by atoms with Gasteiger partial charge in [-0.2, -0.15) is 13.2 Å².